The van der Waals surface area contributed by atoms with E-state index in [0.29, 0.717) is 19.2 Å². The molecule has 2 unspecified atom stereocenters. The van der Waals surface area contributed by atoms with Crippen LogP contribution in [0, 0.1) is 0 Å². The number of guanidine groups is 1. The lowest BCUT2D eigenvalue weighted by Gasteiger charge is -2.36. The van der Waals surface area contributed by atoms with Crippen molar-refractivity contribution in [2.75, 3.05) is 47.0 Å². The van der Waals surface area contributed by atoms with Gasteiger partial charge in [0.05, 0.1) is 32.5 Å². The number of hydrogen-bond donors (Lipinski definition) is 1. The molecule has 0 amide bonds. The Balaban J connectivity index is 0.00000306. The van der Waals surface area contributed by atoms with Crippen molar-refractivity contribution in [1.82, 2.24) is 15.1 Å². The third kappa shape index (κ3) is 6.30. The molecule has 0 saturated carbocycles. The molecule has 2 aliphatic rings. The van der Waals surface area contributed by atoms with E-state index in [2.05, 4.69) is 56.5 Å². The van der Waals surface area contributed by atoms with Crippen molar-refractivity contribution < 1.29 is 14.2 Å². The first-order valence-electron chi connectivity index (χ1n) is 11.4. The van der Waals surface area contributed by atoms with Gasteiger partial charge in [-0.3, -0.25) is 9.89 Å². The smallest absolute Gasteiger partial charge is 0.194 e. The van der Waals surface area contributed by atoms with Crippen LogP contribution in [0.15, 0.2) is 53.5 Å². The van der Waals surface area contributed by atoms with E-state index in [-0.39, 0.29) is 30.1 Å². The van der Waals surface area contributed by atoms with Crippen molar-refractivity contribution in [3.8, 4) is 11.5 Å². The van der Waals surface area contributed by atoms with E-state index in [1.807, 2.05) is 26.1 Å². The summed E-state index contributed by atoms with van der Waals surface area (Å²) in [7, 11) is 3.50. The molecule has 0 bridgehead atoms. The average molecular weight is 566 g/mol. The number of ether oxygens (including phenoxy) is 3. The lowest BCUT2D eigenvalue weighted by atomic mass is 10.1. The summed E-state index contributed by atoms with van der Waals surface area (Å²) in [5.41, 5.74) is 2.47. The van der Waals surface area contributed by atoms with Crippen molar-refractivity contribution >= 4 is 29.9 Å². The van der Waals surface area contributed by atoms with E-state index in [0.717, 1.165) is 55.8 Å². The molecule has 2 atom stereocenters. The number of nitrogens with zero attached hydrogens (tertiary/aromatic N) is 3. The normalized spacial score (nSPS) is 20.7. The summed E-state index contributed by atoms with van der Waals surface area (Å²) in [6, 6.07) is 17.1. The lowest BCUT2D eigenvalue weighted by molar-refractivity contribution is -0.0502. The molecule has 1 N–H and O–H groups in total. The molecule has 4 rings (SSSR count). The van der Waals surface area contributed by atoms with E-state index in [1.54, 1.807) is 7.11 Å². The lowest BCUT2D eigenvalue weighted by Crippen LogP contribution is -2.50. The molecule has 33 heavy (non-hydrogen) atoms. The van der Waals surface area contributed by atoms with Crippen LogP contribution in [0.5, 0.6) is 11.5 Å². The summed E-state index contributed by atoms with van der Waals surface area (Å²) in [6.07, 6.45) is 0.205. The minimum atomic E-state index is 0. The predicted molar refractivity (Wildman–Crippen MR) is 142 cm³/mol. The van der Waals surface area contributed by atoms with Gasteiger partial charge < -0.3 is 24.4 Å². The van der Waals surface area contributed by atoms with Gasteiger partial charge >= 0.3 is 0 Å². The highest BCUT2D eigenvalue weighted by Gasteiger charge is 2.41. The molecular weight excluding hydrogens is 531 g/mol. The van der Waals surface area contributed by atoms with E-state index >= 15 is 0 Å². The minimum absolute atomic E-state index is 0. The fourth-order valence-electron chi connectivity index (χ4n) is 4.56. The van der Waals surface area contributed by atoms with Crippen LogP contribution < -0.4 is 14.8 Å². The Hall–Kier alpha value is -2.04. The Morgan fingerprint density at radius 1 is 1.12 bits per heavy atom. The number of aliphatic imine (C=N–C) groups is 1. The van der Waals surface area contributed by atoms with Gasteiger partial charge in [0.25, 0.3) is 0 Å². The number of methoxy groups -OCH3 is 1. The molecule has 0 radical (unpaired) electrons. The number of benzene rings is 2. The Morgan fingerprint density at radius 3 is 2.67 bits per heavy atom. The first-order valence-corrected chi connectivity index (χ1v) is 11.4. The van der Waals surface area contributed by atoms with E-state index in [4.69, 9.17) is 14.2 Å². The molecule has 2 saturated heterocycles. The van der Waals surface area contributed by atoms with Gasteiger partial charge in [-0.15, -0.1) is 24.0 Å². The third-order valence-corrected chi connectivity index (χ3v) is 6.13. The number of rotatable bonds is 7. The van der Waals surface area contributed by atoms with Crippen LogP contribution in [-0.2, 0) is 17.8 Å². The molecular formula is C25H35IN4O3. The van der Waals surface area contributed by atoms with E-state index < -0.39 is 0 Å². The van der Waals surface area contributed by atoms with Crippen LogP contribution in [0.4, 0.5) is 0 Å². The predicted octanol–water partition coefficient (Wildman–Crippen LogP) is 3.37. The Kier molecular flexibility index (Phi) is 9.64. The second-order valence-electron chi connectivity index (χ2n) is 8.16. The summed E-state index contributed by atoms with van der Waals surface area (Å²) in [4.78, 5) is 9.41. The molecule has 2 aromatic rings. The van der Waals surface area contributed by atoms with Crippen LogP contribution >= 0.6 is 24.0 Å². The largest absolute Gasteiger partial charge is 0.493 e. The van der Waals surface area contributed by atoms with E-state index in [9.17, 15) is 0 Å². The Morgan fingerprint density at radius 2 is 1.94 bits per heavy atom. The van der Waals surface area contributed by atoms with Crippen molar-refractivity contribution in [3.05, 3.63) is 59.7 Å². The maximum Gasteiger partial charge on any atom is 0.194 e. The Labute approximate surface area is 214 Å². The molecule has 2 fully saturated rings. The van der Waals surface area contributed by atoms with Crippen LogP contribution in [0.1, 0.15) is 18.1 Å². The summed E-state index contributed by atoms with van der Waals surface area (Å²) in [6.45, 7) is 7.69. The minimum Gasteiger partial charge on any atom is -0.493 e. The maximum atomic E-state index is 6.13. The van der Waals surface area contributed by atoms with Crippen LogP contribution in [0.3, 0.4) is 0 Å². The zero-order valence-corrected chi connectivity index (χ0v) is 22.0. The topological polar surface area (TPSA) is 58.6 Å². The van der Waals surface area contributed by atoms with Crippen molar-refractivity contribution in [1.29, 1.82) is 0 Å². The van der Waals surface area contributed by atoms with Gasteiger partial charge in [0.1, 0.15) is 0 Å². The van der Waals surface area contributed by atoms with E-state index in [1.165, 1.54) is 5.56 Å². The number of halogens is 1. The SMILES string of the molecule is CCOc1cc(CNC(=NC)N2CC3OCCN(Cc4ccccc4)C3C2)ccc1OC.I. The zero-order chi connectivity index (χ0) is 22.3. The average Bonchev–Trinajstić information content (AvgIpc) is 3.26. The second-order valence-corrected chi connectivity index (χ2v) is 8.16. The summed E-state index contributed by atoms with van der Waals surface area (Å²) < 4.78 is 17.2. The van der Waals surface area contributed by atoms with Crippen molar-refractivity contribution in [2.45, 2.75) is 32.2 Å². The first-order chi connectivity index (χ1) is 15.7. The van der Waals surface area contributed by atoms with Crippen molar-refractivity contribution in [3.63, 3.8) is 0 Å². The zero-order valence-electron chi connectivity index (χ0n) is 19.7. The molecule has 0 aromatic heterocycles. The highest BCUT2D eigenvalue weighted by molar-refractivity contribution is 14.0. The molecule has 7 nitrogen and oxygen atoms in total. The van der Waals surface area contributed by atoms with Gasteiger partial charge in [0.15, 0.2) is 17.5 Å². The van der Waals surface area contributed by atoms with Gasteiger partial charge in [-0.1, -0.05) is 36.4 Å². The molecule has 0 spiro atoms. The quantitative estimate of drug-likeness (QED) is 0.315. The molecule has 2 aromatic carbocycles. The highest BCUT2D eigenvalue weighted by atomic mass is 127. The van der Waals surface area contributed by atoms with Gasteiger partial charge in [0, 0.05) is 39.8 Å². The monoisotopic (exact) mass is 566 g/mol. The van der Waals surface area contributed by atoms with Gasteiger partial charge in [-0.05, 0) is 30.2 Å². The van der Waals surface area contributed by atoms with Gasteiger partial charge in [-0.2, -0.15) is 0 Å². The maximum absolute atomic E-state index is 6.13. The number of likely N-dealkylation sites (tertiary alicyclic amines) is 1. The molecule has 180 valence electrons. The fourth-order valence-corrected chi connectivity index (χ4v) is 4.56. The Bertz CT molecular complexity index is 912. The summed E-state index contributed by atoms with van der Waals surface area (Å²) in [5, 5.41) is 3.51. The fraction of sp³-hybridized carbons (Fsp3) is 0.480. The number of hydrogen-bond acceptors (Lipinski definition) is 5. The molecule has 8 heteroatoms. The van der Waals surface area contributed by atoms with Crippen LogP contribution in [0.2, 0.25) is 0 Å². The standard InChI is InChI=1S/C25H34N4O3.HI/c1-4-31-23-14-20(10-11-22(23)30-3)15-27-25(26-2)29-17-21-24(18-29)32-13-12-28(21)16-19-8-6-5-7-9-19;/h5-11,14,21,24H,4,12-13,15-18H2,1-3H3,(H,26,27);1H. The molecule has 2 aliphatic heterocycles. The van der Waals surface area contributed by atoms with Gasteiger partial charge in [-0.25, -0.2) is 0 Å². The number of fused-ring (bicyclic) bond motifs is 1. The second kappa shape index (κ2) is 12.4. The number of nitrogens with one attached hydrogen (secondary N) is 1. The van der Waals surface area contributed by atoms with Crippen LogP contribution in [-0.4, -0.2) is 74.9 Å². The number of morpholine rings is 1. The van der Waals surface area contributed by atoms with Crippen LogP contribution in [0.25, 0.3) is 0 Å². The third-order valence-electron chi connectivity index (χ3n) is 6.13. The summed E-state index contributed by atoms with van der Waals surface area (Å²) >= 11 is 0. The molecule has 2 heterocycles. The highest BCUT2D eigenvalue weighted by Crippen LogP contribution is 2.28. The van der Waals surface area contributed by atoms with Crippen molar-refractivity contribution in [2.24, 2.45) is 4.99 Å². The first kappa shape index (κ1) is 25.6. The summed E-state index contributed by atoms with van der Waals surface area (Å²) in [5.74, 6) is 2.41. The van der Waals surface area contributed by atoms with Gasteiger partial charge in [0.2, 0.25) is 0 Å². The molecule has 0 aliphatic carbocycles.